The van der Waals surface area contributed by atoms with Crippen LogP contribution in [-0.2, 0) is 9.84 Å². The summed E-state index contributed by atoms with van der Waals surface area (Å²) in [6.45, 7) is 3.30. The van der Waals surface area contributed by atoms with Gasteiger partial charge in [0.2, 0.25) is 0 Å². The quantitative estimate of drug-likeness (QED) is 0.447. The molecule has 8 nitrogen and oxygen atoms in total. The van der Waals surface area contributed by atoms with E-state index in [4.69, 9.17) is 4.42 Å². The summed E-state index contributed by atoms with van der Waals surface area (Å²) in [4.78, 5) is 21.2. The van der Waals surface area contributed by atoms with Gasteiger partial charge in [-0.2, -0.15) is 0 Å². The number of fused-ring (bicyclic) bond motifs is 1. The lowest BCUT2D eigenvalue weighted by atomic mass is 10.1. The minimum atomic E-state index is -3.29. The monoisotopic (exact) mass is 465 g/mol. The molecule has 0 unspecified atom stereocenters. The molecule has 4 rings (SSSR count). The van der Waals surface area contributed by atoms with E-state index in [1.807, 2.05) is 0 Å². The van der Waals surface area contributed by atoms with Crippen molar-refractivity contribution < 1.29 is 22.7 Å². The van der Waals surface area contributed by atoms with Crippen LogP contribution in [0.25, 0.3) is 33.6 Å². The molecule has 0 saturated carbocycles. The van der Waals surface area contributed by atoms with Gasteiger partial charge in [-0.1, -0.05) is 0 Å². The Hall–Kier alpha value is -3.56. The zero-order valence-electron chi connectivity index (χ0n) is 18.4. The van der Waals surface area contributed by atoms with Crippen LogP contribution >= 0.6 is 0 Å². The number of aromatic nitrogens is 2. The van der Waals surface area contributed by atoms with Gasteiger partial charge in [0, 0.05) is 42.4 Å². The molecule has 0 radical (unpaired) electrons. The van der Waals surface area contributed by atoms with E-state index < -0.39 is 21.3 Å². The largest absolute Gasteiger partial charge is 0.454 e. The number of nitrogens with one attached hydrogen (secondary N) is 1. The highest BCUT2D eigenvalue weighted by molar-refractivity contribution is 7.90. The van der Waals surface area contributed by atoms with Gasteiger partial charge in [0.1, 0.15) is 17.0 Å². The first-order chi connectivity index (χ1) is 15.5. The smallest absolute Gasteiger partial charge is 0.269 e. The summed E-state index contributed by atoms with van der Waals surface area (Å²) < 4.78 is 29.5. The van der Waals surface area contributed by atoms with Crippen molar-refractivity contribution in [1.29, 1.82) is 0 Å². The Bertz CT molecular complexity index is 1440. The molecule has 0 aliphatic rings. The van der Waals surface area contributed by atoms with Crippen LogP contribution in [0.2, 0.25) is 0 Å². The van der Waals surface area contributed by atoms with Crippen molar-refractivity contribution in [2.45, 2.75) is 24.3 Å². The molecule has 0 aliphatic heterocycles. The Kier molecular flexibility index (Phi) is 5.77. The highest BCUT2D eigenvalue weighted by Gasteiger charge is 2.18. The fourth-order valence-corrected chi connectivity index (χ4v) is 3.91. The average molecular weight is 466 g/mol. The zero-order chi connectivity index (χ0) is 23.8. The van der Waals surface area contributed by atoms with Crippen LogP contribution in [0, 0.1) is 0 Å². The Morgan fingerprint density at radius 1 is 1.03 bits per heavy atom. The number of nitrogens with zero attached hydrogens (tertiary/aromatic N) is 2. The number of hydrogen-bond donors (Lipinski definition) is 2. The molecule has 0 fully saturated rings. The first-order valence-electron chi connectivity index (χ1n) is 10.2. The van der Waals surface area contributed by atoms with Crippen LogP contribution in [0.3, 0.4) is 0 Å². The molecule has 33 heavy (non-hydrogen) atoms. The fraction of sp³-hybridized carbons (Fsp3) is 0.208. The van der Waals surface area contributed by atoms with Crippen molar-refractivity contribution in [2.24, 2.45) is 0 Å². The summed E-state index contributed by atoms with van der Waals surface area (Å²) in [5, 5.41) is 12.5. The Morgan fingerprint density at radius 2 is 1.73 bits per heavy atom. The number of rotatable bonds is 6. The molecule has 170 valence electrons. The number of aliphatic hydroxyl groups is 1. The maximum atomic E-state index is 12.5. The van der Waals surface area contributed by atoms with E-state index >= 15 is 0 Å². The van der Waals surface area contributed by atoms with Crippen LogP contribution in [0.15, 0.2) is 70.2 Å². The highest BCUT2D eigenvalue weighted by Crippen LogP contribution is 2.34. The highest BCUT2D eigenvalue weighted by atomic mass is 32.2. The molecular formula is C24H23N3O5S. The van der Waals surface area contributed by atoms with Gasteiger partial charge in [-0.25, -0.2) is 8.42 Å². The molecule has 4 aromatic rings. The van der Waals surface area contributed by atoms with E-state index in [-0.39, 0.29) is 17.1 Å². The van der Waals surface area contributed by atoms with Crippen LogP contribution in [0.1, 0.15) is 24.3 Å². The first-order valence-corrected chi connectivity index (χ1v) is 12.1. The summed E-state index contributed by atoms with van der Waals surface area (Å²) in [7, 11) is -3.29. The maximum absolute atomic E-state index is 12.5. The van der Waals surface area contributed by atoms with Crippen molar-refractivity contribution in [3.8, 4) is 22.5 Å². The normalized spacial score (nSPS) is 12.1. The number of sulfone groups is 1. The number of pyridine rings is 2. The van der Waals surface area contributed by atoms with Gasteiger partial charge in [-0.05, 0) is 61.9 Å². The summed E-state index contributed by atoms with van der Waals surface area (Å²) in [6.07, 6.45) is 4.35. The molecule has 9 heteroatoms. The molecule has 0 aliphatic carbocycles. The van der Waals surface area contributed by atoms with Gasteiger partial charge in [0.05, 0.1) is 10.5 Å². The minimum absolute atomic E-state index is 0.0942. The van der Waals surface area contributed by atoms with Crippen LogP contribution in [-0.4, -0.2) is 47.8 Å². The lowest BCUT2D eigenvalue weighted by Gasteiger charge is -2.17. The molecule has 0 bridgehead atoms. The molecule has 3 heterocycles. The number of hydrogen-bond acceptors (Lipinski definition) is 7. The standard InChI is InChI=1S/C24H23N3O5S/c1-24(2,29)14-27-23(28)20-12-16(8-10-26-20)18-9-11-25-19-13-21(32-22(18)19)15-4-6-17(7-5-15)33(3,30)31/h4-13,29H,14H2,1-3H3,(H,27,28). The van der Waals surface area contributed by atoms with Crippen LogP contribution in [0.5, 0.6) is 0 Å². The molecule has 0 saturated heterocycles. The van der Waals surface area contributed by atoms with E-state index in [1.165, 1.54) is 18.3 Å². The second-order valence-corrected chi connectivity index (χ2v) is 10.4. The van der Waals surface area contributed by atoms with E-state index in [0.29, 0.717) is 22.4 Å². The van der Waals surface area contributed by atoms with Gasteiger partial charge in [0.25, 0.3) is 5.91 Å². The number of carbonyl (C=O) groups excluding carboxylic acids is 1. The van der Waals surface area contributed by atoms with Gasteiger partial charge in [0.15, 0.2) is 15.4 Å². The third kappa shape index (κ3) is 5.10. The van der Waals surface area contributed by atoms with Crippen LogP contribution in [0.4, 0.5) is 0 Å². The lowest BCUT2D eigenvalue weighted by molar-refractivity contribution is 0.0692. The van der Waals surface area contributed by atoms with Crippen molar-refractivity contribution in [2.75, 3.05) is 12.8 Å². The van der Waals surface area contributed by atoms with Gasteiger partial charge in [-0.15, -0.1) is 0 Å². The van der Waals surface area contributed by atoms with Crippen molar-refractivity contribution in [3.63, 3.8) is 0 Å². The second kappa shape index (κ2) is 8.42. The zero-order valence-corrected chi connectivity index (χ0v) is 19.2. The second-order valence-electron chi connectivity index (χ2n) is 8.40. The van der Waals surface area contributed by atoms with Crippen LogP contribution < -0.4 is 5.32 Å². The third-order valence-electron chi connectivity index (χ3n) is 4.96. The molecule has 0 atom stereocenters. The van der Waals surface area contributed by atoms with Gasteiger partial charge >= 0.3 is 0 Å². The van der Waals surface area contributed by atoms with E-state index in [9.17, 15) is 18.3 Å². The van der Waals surface area contributed by atoms with Gasteiger partial charge in [-0.3, -0.25) is 14.8 Å². The summed E-state index contributed by atoms with van der Waals surface area (Å²) >= 11 is 0. The Labute approximate surface area is 191 Å². The topological polar surface area (TPSA) is 122 Å². The predicted molar refractivity (Wildman–Crippen MR) is 124 cm³/mol. The SMILES string of the molecule is CC(C)(O)CNC(=O)c1cc(-c2ccnc3cc(-c4ccc(S(C)(=O)=O)cc4)oc23)ccn1. The Balaban J connectivity index is 1.69. The lowest BCUT2D eigenvalue weighted by Crippen LogP contribution is -2.38. The molecule has 2 N–H and O–H groups in total. The molecule has 0 spiro atoms. The number of amides is 1. The minimum Gasteiger partial charge on any atom is -0.454 e. The number of benzene rings is 1. The fourth-order valence-electron chi connectivity index (χ4n) is 3.28. The molecular weight excluding hydrogens is 442 g/mol. The van der Waals surface area contributed by atoms with Crippen molar-refractivity contribution in [1.82, 2.24) is 15.3 Å². The Morgan fingerprint density at radius 3 is 2.39 bits per heavy atom. The van der Waals surface area contributed by atoms with E-state index in [1.54, 1.807) is 56.4 Å². The third-order valence-corrected chi connectivity index (χ3v) is 6.09. The number of furan rings is 1. The molecule has 3 aromatic heterocycles. The molecule has 1 amide bonds. The maximum Gasteiger partial charge on any atom is 0.269 e. The predicted octanol–water partition coefficient (Wildman–Crippen LogP) is 3.46. The van der Waals surface area contributed by atoms with Gasteiger partial charge < -0.3 is 14.8 Å². The van der Waals surface area contributed by atoms with Crippen molar-refractivity contribution in [3.05, 3.63) is 66.6 Å². The summed E-state index contributed by atoms with van der Waals surface area (Å²) in [6, 6.07) is 13.4. The van der Waals surface area contributed by atoms with E-state index in [0.717, 1.165) is 17.4 Å². The van der Waals surface area contributed by atoms with Crippen molar-refractivity contribution >= 4 is 26.8 Å². The number of carbonyl (C=O) groups is 1. The first kappa shape index (κ1) is 22.6. The average Bonchev–Trinajstić information content (AvgIpc) is 3.21. The summed E-state index contributed by atoms with van der Waals surface area (Å²) in [5.74, 6) is 0.151. The van der Waals surface area contributed by atoms with E-state index in [2.05, 4.69) is 15.3 Å². The summed E-state index contributed by atoms with van der Waals surface area (Å²) in [5.41, 5.74) is 2.51. The molecule has 1 aromatic carbocycles.